The third kappa shape index (κ3) is 3.77. The molecule has 0 radical (unpaired) electrons. The molecule has 21 heavy (non-hydrogen) atoms. The van der Waals surface area contributed by atoms with Gasteiger partial charge >= 0.3 is 0 Å². The summed E-state index contributed by atoms with van der Waals surface area (Å²) >= 11 is 12.4. The molecule has 4 nitrogen and oxygen atoms in total. The molecule has 0 atom stereocenters. The van der Waals surface area contributed by atoms with Crippen molar-refractivity contribution in [1.29, 1.82) is 0 Å². The summed E-state index contributed by atoms with van der Waals surface area (Å²) in [5.41, 5.74) is 1.54. The maximum absolute atomic E-state index is 6.18. The lowest BCUT2D eigenvalue weighted by Crippen LogP contribution is -2.24. The number of aryl methyl sites for hydroxylation is 1. The van der Waals surface area contributed by atoms with E-state index in [9.17, 15) is 0 Å². The van der Waals surface area contributed by atoms with E-state index in [1.807, 2.05) is 19.1 Å². The average Bonchev–Trinajstić information content (AvgIpc) is 2.44. The Hall–Kier alpha value is -1.52. The Balaban J connectivity index is 2.36. The minimum Gasteiger partial charge on any atom is -0.341 e. The molecule has 112 valence electrons. The number of nitrogens with one attached hydrogen (secondary N) is 1. The molecule has 6 heteroatoms. The van der Waals surface area contributed by atoms with Crippen molar-refractivity contribution in [3.8, 4) is 0 Å². The second kappa shape index (κ2) is 6.96. The van der Waals surface area contributed by atoms with Crippen molar-refractivity contribution in [2.45, 2.75) is 20.8 Å². The van der Waals surface area contributed by atoms with Crippen LogP contribution in [0.4, 0.5) is 17.5 Å². The van der Waals surface area contributed by atoms with Gasteiger partial charge in [-0.2, -0.15) is 4.98 Å². The van der Waals surface area contributed by atoms with E-state index in [2.05, 4.69) is 34.0 Å². The predicted octanol–water partition coefficient (Wildman–Crippen LogP) is 4.68. The SMILES string of the molecule is CCN(CC)c1nc(C)cc(Nc2c(Cl)cccc2Cl)n1. The topological polar surface area (TPSA) is 41.1 Å². The molecule has 1 heterocycles. The smallest absolute Gasteiger partial charge is 0.227 e. The zero-order valence-electron chi connectivity index (χ0n) is 12.3. The summed E-state index contributed by atoms with van der Waals surface area (Å²) in [6.45, 7) is 7.80. The van der Waals surface area contributed by atoms with E-state index >= 15 is 0 Å². The summed E-state index contributed by atoms with van der Waals surface area (Å²) in [7, 11) is 0. The third-order valence-electron chi connectivity index (χ3n) is 3.10. The molecule has 2 rings (SSSR count). The lowest BCUT2D eigenvalue weighted by Gasteiger charge is -2.20. The lowest BCUT2D eigenvalue weighted by molar-refractivity contribution is 0.817. The average molecular weight is 325 g/mol. The molecule has 0 aliphatic heterocycles. The number of para-hydroxylation sites is 1. The predicted molar refractivity (Wildman–Crippen MR) is 90.1 cm³/mol. The Morgan fingerprint density at radius 1 is 1.10 bits per heavy atom. The molecule has 0 saturated carbocycles. The highest BCUT2D eigenvalue weighted by Gasteiger charge is 2.11. The van der Waals surface area contributed by atoms with Gasteiger partial charge in [0.25, 0.3) is 0 Å². The minimum atomic E-state index is 0.558. The first kappa shape index (κ1) is 15.9. The highest BCUT2D eigenvalue weighted by atomic mass is 35.5. The van der Waals surface area contributed by atoms with Crippen molar-refractivity contribution in [1.82, 2.24) is 9.97 Å². The van der Waals surface area contributed by atoms with Crippen LogP contribution in [0.5, 0.6) is 0 Å². The number of benzene rings is 1. The molecule has 0 bridgehead atoms. The van der Waals surface area contributed by atoms with Gasteiger partial charge in [-0.05, 0) is 32.9 Å². The van der Waals surface area contributed by atoms with Gasteiger partial charge in [-0.3, -0.25) is 0 Å². The van der Waals surface area contributed by atoms with E-state index in [0.717, 1.165) is 18.8 Å². The van der Waals surface area contributed by atoms with E-state index in [4.69, 9.17) is 23.2 Å². The van der Waals surface area contributed by atoms with Crippen molar-refractivity contribution in [2.75, 3.05) is 23.3 Å². The summed E-state index contributed by atoms with van der Waals surface area (Å²) in [6.07, 6.45) is 0. The van der Waals surface area contributed by atoms with Crippen LogP contribution in [0.2, 0.25) is 10.0 Å². The van der Waals surface area contributed by atoms with E-state index < -0.39 is 0 Å². The van der Waals surface area contributed by atoms with Crippen molar-refractivity contribution >= 4 is 40.7 Å². The summed E-state index contributed by atoms with van der Waals surface area (Å²) in [5, 5.41) is 4.30. The zero-order chi connectivity index (χ0) is 15.4. The van der Waals surface area contributed by atoms with Crippen LogP contribution < -0.4 is 10.2 Å². The van der Waals surface area contributed by atoms with Crippen molar-refractivity contribution < 1.29 is 0 Å². The molecule has 1 aromatic heterocycles. The van der Waals surface area contributed by atoms with Gasteiger partial charge in [0, 0.05) is 24.8 Å². The summed E-state index contributed by atoms with van der Waals surface area (Å²) in [5.74, 6) is 1.38. The number of aromatic nitrogens is 2. The Labute approximate surface area is 135 Å². The fourth-order valence-electron chi connectivity index (χ4n) is 2.01. The van der Waals surface area contributed by atoms with Crippen LogP contribution in [0.1, 0.15) is 19.5 Å². The molecule has 0 unspecified atom stereocenters. The number of halogens is 2. The van der Waals surface area contributed by atoms with Gasteiger partial charge < -0.3 is 10.2 Å². The fourth-order valence-corrected chi connectivity index (χ4v) is 2.50. The molecule has 2 aromatic rings. The normalized spacial score (nSPS) is 10.5. The van der Waals surface area contributed by atoms with Crippen LogP contribution in [0.15, 0.2) is 24.3 Å². The zero-order valence-corrected chi connectivity index (χ0v) is 13.8. The number of nitrogens with zero attached hydrogens (tertiary/aromatic N) is 3. The van der Waals surface area contributed by atoms with Crippen molar-refractivity contribution in [3.05, 3.63) is 40.0 Å². The Morgan fingerprint density at radius 3 is 2.29 bits per heavy atom. The third-order valence-corrected chi connectivity index (χ3v) is 3.73. The van der Waals surface area contributed by atoms with Gasteiger partial charge in [0.15, 0.2) is 0 Å². The van der Waals surface area contributed by atoms with Crippen molar-refractivity contribution in [2.24, 2.45) is 0 Å². The minimum absolute atomic E-state index is 0.558. The summed E-state index contributed by atoms with van der Waals surface area (Å²) < 4.78 is 0. The summed E-state index contributed by atoms with van der Waals surface area (Å²) in [6, 6.07) is 7.25. The van der Waals surface area contributed by atoms with Crippen LogP contribution >= 0.6 is 23.2 Å². The van der Waals surface area contributed by atoms with Gasteiger partial charge in [-0.15, -0.1) is 0 Å². The van der Waals surface area contributed by atoms with Crippen LogP contribution in [-0.4, -0.2) is 23.1 Å². The molecule has 0 amide bonds. The van der Waals surface area contributed by atoms with Crippen LogP contribution in [0.3, 0.4) is 0 Å². The fraction of sp³-hybridized carbons (Fsp3) is 0.333. The lowest BCUT2D eigenvalue weighted by atomic mass is 10.3. The van der Waals surface area contributed by atoms with Gasteiger partial charge in [0.05, 0.1) is 15.7 Å². The van der Waals surface area contributed by atoms with Crippen LogP contribution in [-0.2, 0) is 0 Å². The maximum atomic E-state index is 6.18. The number of anilines is 3. The quantitative estimate of drug-likeness (QED) is 0.866. The standard InChI is InChI=1S/C15H18Cl2N4/c1-4-21(5-2)15-18-10(3)9-13(20-15)19-14-11(16)7-6-8-12(14)17/h6-9H,4-5H2,1-3H3,(H,18,19,20). The first-order chi connectivity index (χ1) is 10.0. The molecule has 0 fully saturated rings. The Bertz CT molecular complexity index is 607. The molecular formula is C15H18Cl2N4. The molecule has 0 aliphatic carbocycles. The molecule has 1 aromatic carbocycles. The summed E-state index contributed by atoms with van der Waals surface area (Å²) in [4.78, 5) is 11.1. The second-order valence-corrected chi connectivity index (χ2v) is 5.40. The molecular weight excluding hydrogens is 307 g/mol. The van der Waals surface area contributed by atoms with Gasteiger partial charge in [-0.1, -0.05) is 29.3 Å². The van der Waals surface area contributed by atoms with Gasteiger partial charge in [0.2, 0.25) is 5.95 Å². The largest absolute Gasteiger partial charge is 0.341 e. The molecule has 0 aliphatic rings. The molecule has 1 N–H and O–H groups in total. The Morgan fingerprint density at radius 2 is 1.71 bits per heavy atom. The van der Waals surface area contributed by atoms with Gasteiger partial charge in [-0.25, -0.2) is 4.98 Å². The highest BCUT2D eigenvalue weighted by Crippen LogP contribution is 2.32. The second-order valence-electron chi connectivity index (χ2n) is 4.59. The van der Waals surface area contributed by atoms with E-state index in [-0.39, 0.29) is 0 Å². The number of hydrogen-bond acceptors (Lipinski definition) is 4. The highest BCUT2D eigenvalue weighted by molar-refractivity contribution is 6.39. The van der Waals surface area contributed by atoms with Crippen LogP contribution in [0, 0.1) is 6.92 Å². The van der Waals surface area contributed by atoms with E-state index in [1.54, 1.807) is 12.1 Å². The first-order valence-electron chi connectivity index (χ1n) is 6.86. The number of hydrogen-bond donors (Lipinski definition) is 1. The van der Waals surface area contributed by atoms with Crippen LogP contribution in [0.25, 0.3) is 0 Å². The first-order valence-corrected chi connectivity index (χ1v) is 7.62. The van der Waals surface area contributed by atoms with E-state index in [1.165, 1.54) is 0 Å². The molecule has 0 saturated heterocycles. The monoisotopic (exact) mass is 324 g/mol. The molecule has 0 spiro atoms. The van der Waals surface area contributed by atoms with E-state index in [0.29, 0.717) is 27.5 Å². The Kier molecular flexibility index (Phi) is 5.26. The number of rotatable bonds is 5. The van der Waals surface area contributed by atoms with Gasteiger partial charge in [0.1, 0.15) is 5.82 Å². The van der Waals surface area contributed by atoms with Crippen molar-refractivity contribution in [3.63, 3.8) is 0 Å². The maximum Gasteiger partial charge on any atom is 0.227 e.